The molecular formula is C12H14O5S. The van der Waals surface area contributed by atoms with Gasteiger partial charge in [0.25, 0.3) is 0 Å². The normalized spacial score (nSPS) is 21.2. The highest BCUT2D eigenvalue weighted by atomic mass is 32.2. The number of fused-ring (bicyclic) bond motifs is 1. The number of carbonyl (C=O) groups excluding carboxylic acids is 1. The second-order valence-electron chi connectivity index (χ2n) is 4.24. The summed E-state index contributed by atoms with van der Waals surface area (Å²) in [6.45, 7) is 3.52. The van der Waals surface area contributed by atoms with Gasteiger partial charge in [-0.25, -0.2) is 13.2 Å². The van der Waals surface area contributed by atoms with Crippen LogP contribution in [0.15, 0.2) is 17.0 Å². The summed E-state index contributed by atoms with van der Waals surface area (Å²) in [6, 6.07) is 3.05. The molecule has 0 bridgehead atoms. The van der Waals surface area contributed by atoms with Crippen LogP contribution < -0.4 is 0 Å². The second kappa shape index (κ2) is 4.37. The molecule has 0 aliphatic carbocycles. The first-order valence-corrected chi connectivity index (χ1v) is 7.09. The fourth-order valence-corrected chi connectivity index (χ4v) is 3.36. The summed E-state index contributed by atoms with van der Waals surface area (Å²) in [5.41, 5.74) is 1.54. The quantitative estimate of drug-likeness (QED) is 0.725. The van der Waals surface area contributed by atoms with Crippen molar-refractivity contribution in [2.75, 3.05) is 13.0 Å². The number of methoxy groups -OCH3 is 1. The maximum atomic E-state index is 11.9. The minimum Gasteiger partial charge on any atom is -0.465 e. The molecule has 1 aliphatic rings. The zero-order chi connectivity index (χ0) is 13.5. The molecule has 1 heterocycles. The van der Waals surface area contributed by atoms with Crippen molar-refractivity contribution in [1.82, 2.24) is 0 Å². The van der Waals surface area contributed by atoms with Gasteiger partial charge in [0.2, 0.25) is 9.84 Å². The predicted octanol–water partition coefficient (Wildman–Crippen LogP) is 1.60. The third-order valence-corrected chi connectivity index (χ3v) is 4.48. The fraction of sp³-hybridized carbons (Fsp3) is 0.417. The predicted molar refractivity (Wildman–Crippen MR) is 64.1 cm³/mol. The maximum absolute atomic E-state index is 11.9. The molecule has 0 radical (unpaired) electrons. The number of esters is 1. The highest BCUT2D eigenvalue weighted by Crippen LogP contribution is 2.33. The Kier molecular flexibility index (Phi) is 3.16. The Bertz CT molecular complexity index is 603. The molecule has 0 spiro atoms. The monoisotopic (exact) mass is 270 g/mol. The molecule has 6 heteroatoms. The van der Waals surface area contributed by atoms with E-state index in [9.17, 15) is 13.2 Å². The molecule has 1 unspecified atom stereocenters. The lowest BCUT2D eigenvalue weighted by Gasteiger charge is -2.24. The Labute approximate surface area is 106 Å². The fourth-order valence-electron chi connectivity index (χ4n) is 1.97. The van der Waals surface area contributed by atoms with E-state index in [2.05, 4.69) is 4.74 Å². The summed E-state index contributed by atoms with van der Waals surface area (Å²) in [7, 11) is -2.22. The molecule has 0 amide bonds. The van der Waals surface area contributed by atoms with Gasteiger partial charge in [-0.05, 0) is 31.0 Å². The molecule has 0 N–H and O–H groups in total. The van der Waals surface area contributed by atoms with Crippen LogP contribution in [0.25, 0.3) is 0 Å². The molecule has 1 aromatic carbocycles. The second-order valence-corrected chi connectivity index (χ2v) is 6.14. The van der Waals surface area contributed by atoms with Crippen LogP contribution in [0.3, 0.4) is 0 Å². The highest BCUT2D eigenvalue weighted by Gasteiger charge is 2.30. The summed E-state index contributed by atoms with van der Waals surface area (Å²) in [6.07, 6.45) is -0.297. The van der Waals surface area contributed by atoms with Gasteiger partial charge in [-0.1, -0.05) is 6.07 Å². The van der Waals surface area contributed by atoms with Crippen molar-refractivity contribution in [3.05, 3.63) is 28.8 Å². The summed E-state index contributed by atoms with van der Waals surface area (Å²) < 4.78 is 33.7. The van der Waals surface area contributed by atoms with E-state index in [1.165, 1.54) is 13.2 Å². The molecule has 0 fully saturated rings. The Morgan fingerprint density at radius 2 is 2.11 bits per heavy atom. The van der Waals surface area contributed by atoms with E-state index in [1.54, 1.807) is 19.9 Å². The number of sulfone groups is 1. The van der Waals surface area contributed by atoms with E-state index < -0.39 is 15.8 Å². The smallest absolute Gasteiger partial charge is 0.338 e. The van der Waals surface area contributed by atoms with E-state index in [0.717, 1.165) is 0 Å². The van der Waals surface area contributed by atoms with Crippen molar-refractivity contribution >= 4 is 15.8 Å². The van der Waals surface area contributed by atoms with Crippen molar-refractivity contribution in [3.63, 3.8) is 0 Å². The number of hydrogen-bond acceptors (Lipinski definition) is 5. The van der Waals surface area contributed by atoms with Gasteiger partial charge >= 0.3 is 5.97 Å². The summed E-state index contributed by atoms with van der Waals surface area (Å²) in [5, 5.41) is 0. The zero-order valence-electron chi connectivity index (χ0n) is 10.4. The van der Waals surface area contributed by atoms with Gasteiger partial charge < -0.3 is 9.47 Å². The number of ether oxygens (including phenoxy) is 2. The summed E-state index contributed by atoms with van der Waals surface area (Å²) in [5.74, 6) is -0.894. The Morgan fingerprint density at radius 1 is 1.44 bits per heavy atom. The molecule has 1 atom stereocenters. The minimum absolute atomic E-state index is 0.159. The van der Waals surface area contributed by atoms with Gasteiger partial charge in [0, 0.05) is 0 Å². The first kappa shape index (κ1) is 13.0. The van der Waals surface area contributed by atoms with Crippen molar-refractivity contribution < 1.29 is 22.7 Å². The number of aryl methyl sites for hydroxylation is 1. The third kappa shape index (κ3) is 2.02. The SMILES string of the molecule is COC(=O)c1cc2c(cc1C)C(C)OCS2(=O)=O. The molecule has 98 valence electrons. The largest absolute Gasteiger partial charge is 0.465 e. The van der Waals surface area contributed by atoms with Gasteiger partial charge in [0.05, 0.1) is 23.7 Å². The van der Waals surface area contributed by atoms with Gasteiger partial charge in [-0.15, -0.1) is 0 Å². The molecular weight excluding hydrogens is 256 g/mol. The third-order valence-electron chi connectivity index (χ3n) is 3.01. The van der Waals surface area contributed by atoms with Crippen LogP contribution in [-0.2, 0) is 19.3 Å². The molecule has 0 aromatic heterocycles. The van der Waals surface area contributed by atoms with E-state index in [4.69, 9.17) is 4.74 Å². The van der Waals surface area contributed by atoms with Gasteiger partial charge in [0.15, 0.2) is 5.94 Å². The first-order chi connectivity index (χ1) is 8.36. The highest BCUT2D eigenvalue weighted by molar-refractivity contribution is 7.91. The molecule has 1 aromatic rings. The van der Waals surface area contributed by atoms with E-state index in [1.807, 2.05) is 0 Å². The van der Waals surface area contributed by atoms with Crippen molar-refractivity contribution in [2.45, 2.75) is 24.8 Å². The molecule has 0 saturated carbocycles. The Morgan fingerprint density at radius 3 is 2.72 bits per heavy atom. The van der Waals surface area contributed by atoms with E-state index in [-0.39, 0.29) is 22.5 Å². The Hall–Kier alpha value is -1.40. The van der Waals surface area contributed by atoms with E-state index >= 15 is 0 Å². The lowest BCUT2D eigenvalue weighted by molar-refractivity contribution is 0.0598. The molecule has 18 heavy (non-hydrogen) atoms. The lowest BCUT2D eigenvalue weighted by atomic mass is 10.0. The zero-order valence-corrected chi connectivity index (χ0v) is 11.2. The van der Waals surface area contributed by atoms with Gasteiger partial charge in [-0.2, -0.15) is 0 Å². The number of carbonyl (C=O) groups is 1. The average Bonchev–Trinajstić information content (AvgIpc) is 2.33. The lowest BCUT2D eigenvalue weighted by Crippen LogP contribution is -2.22. The van der Waals surface area contributed by atoms with Crippen LogP contribution in [0.5, 0.6) is 0 Å². The van der Waals surface area contributed by atoms with Crippen molar-refractivity contribution in [2.24, 2.45) is 0 Å². The van der Waals surface area contributed by atoms with Crippen LogP contribution in [0.1, 0.15) is 34.5 Å². The minimum atomic E-state index is -3.49. The van der Waals surface area contributed by atoms with Crippen LogP contribution in [0.2, 0.25) is 0 Å². The molecule has 0 saturated heterocycles. The maximum Gasteiger partial charge on any atom is 0.338 e. The first-order valence-electron chi connectivity index (χ1n) is 5.44. The van der Waals surface area contributed by atoms with Crippen LogP contribution in [0, 0.1) is 6.92 Å². The number of benzene rings is 1. The van der Waals surface area contributed by atoms with Crippen LogP contribution in [-0.4, -0.2) is 27.4 Å². The number of hydrogen-bond donors (Lipinski definition) is 0. The van der Waals surface area contributed by atoms with Crippen molar-refractivity contribution in [1.29, 1.82) is 0 Å². The average molecular weight is 270 g/mol. The van der Waals surface area contributed by atoms with E-state index in [0.29, 0.717) is 11.1 Å². The molecule has 1 aliphatic heterocycles. The summed E-state index contributed by atoms with van der Waals surface area (Å²) in [4.78, 5) is 11.7. The standard InChI is InChI=1S/C12H14O5S/c1-7-4-10-8(2)17-6-18(14,15)11(10)5-9(7)12(13)16-3/h4-5,8H,6H2,1-3H3. The van der Waals surface area contributed by atoms with Gasteiger partial charge in [0.1, 0.15) is 0 Å². The van der Waals surface area contributed by atoms with Crippen LogP contribution >= 0.6 is 0 Å². The van der Waals surface area contributed by atoms with Crippen molar-refractivity contribution in [3.8, 4) is 0 Å². The number of rotatable bonds is 1. The topological polar surface area (TPSA) is 69.7 Å². The molecule has 2 rings (SSSR count). The summed E-state index contributed by atoms with van der Waals surface area (Å²) >= 11 is 0. The van der Waals surface area contributed by atoms with Gasteiger partial charge in [-0.3, -0.25) is 0 Å². The Balaban J connectivity index is 2.70. The molecule has 5 nitrogen and oxygen atoms in total. The van der Waals surface area contributed by atoms with Crippen LogP contribution in [0.4, 0.5) is 0 Å².